The van der Waals surface area contributed by atoms with E-state index in [4.69, 9.17) is 9.15 Å². The number of ether oxygens (including phenoxy) is 1. The van der Waals surface area contributed by atoms with Crippen molar-refractivity contribution in [3.05, 3.63) is 64.6 Å². The summed E-state index contributed by atoms with van der Waals surface area (Å²) in [7, 11) is 0. The summed E-state index contributed by atoms with van der Waals surface area (Å²) in [6.45, 7) is 4.65. The minimum Gasteiger partial charge on any atom is -0.484 e. The Labute approximate surface area is 162 Å². The molecule has 4 rings (SSSR count). The maximum absolute atomic E-state index is 12.5. The molecule has 1 amide bonds. The van der Waals surface area contributed by atoms with Gasteiger partial charge in [0.05, 0.1) is 19.3 Å². The van der Waals surface area contributed by atoms with Crippen LogP contribution in [0.5, 0.6) is 5.75 Å². The SMILES string of the molecule is Cc1cc(=O)oc2cc(OCC(=O)N3CCN(c4cccc[nH+]4)CC3)ccc12. The number of aromatic nitrogens is 1. The molecule has 0 saturated carbocycles. The van der Waals surface area contributed by atoms with Crippen LogP contribution in [-0.2, 0) is 4.79 Å². The van der Waals surface area contributed by atoms with E-state index < -0.39 is 5.63 Å². The Hall–Kier alpha value is -3.35. The number of piperazine rings is 1. The molecule has 0 unspecified atom stereocenters. The predicted molar refractivity (Wildman–Crippen MR) is 105 cm³/mol. The molecule has 7 heteroatoms. The molecule has 1 aliphatic rings. The van der Waals surface area contributed by atoms with Crippen LogP contribution in [0, 0.1) is 6.92 Å². The van der Waals surface area contributed by atoms with Crippen LogP contribution in [0.4, 0.5) is 5.82 Å². The summed E-state index contributed by atoms with van der Waals surface area (Å²) in [6, 6.07) is 12.7. The molecule has 3 aromatic rings. The molecule has 0 atom stereocenters. The molecule has 3 heterocycles. The number of hydrogen-bond acceptors (Lipinski definition) is 5. The molecular formula is C21H22N3O4+. The van der Waals surface area contributed by atoms with Gasteiger partial charge in [-0.3, -0.25) is 9.69 Å². The molecule has 2 aromatic heterocycles. The highest BCUT2D eigenvalue weighted by Gasteiger charge is 2.26. The summed E-state index contributed by atoms with van der Waals surface area (Å²) in [5.41, 5.74) is 0.914. The van der Waals surface area contributed by atoms with Crippen molar-refractivity contribution in [1.29, 1.82) is 0 Å². The minimum absolute atomic E-state index is 0.0426. The van der Waals surface area contributed by atoms with Gasteiger partial charge in [0.2, 0.25) is 0 Å². The second-order valence-electron chi connectivity index (χ2n) is 6.81. The second kappa shape index (κ2) is 7.72. The molecule has 0 radical (unpaired) electrons. The number of H-pyrrole nitrogens is 1. The molecule has 0 aliphatic carbocycles. The zero-order chi connectivity index (χ0) is 19.5. The summed E-state index contributed by atoms with van der Waals surface area (Å²) in [5, 5.41) is 0.854. The van der Waals surface area contributed by atoms with Crippen molar-refractivity contribution in [3.63, 3.8) is 0 Å². The molecule has 1 aliphatic heterocycles. The Kier molecular flexibility index (Phi) is 4.97. The number of aryl methyl sites for hydroxylation is 1. The Morgan fingerprint density at radius 3 is 2.71 bits per heavy atom. The zero-order valence-corrected chi connectivity index (χ0v) is 15.7. The van der Waals surface area contributed by atoms with E-state index >= 15 is 0 Å². The number of anilines is 1. The maximum Gasteiger partial charge on any atom is 0.336 e. The number of pyridine rings is 1. The molecule has 1 saturated heterocycles. The van der Waals surface area contributed by atoms with Crippen molar-refractivity contribution < 1.29 is 18.9 Å². The standard InChI is InChI=1S/C21H21N3O4/c1-15-12-21(26)28-18-13-16(5-6-17(15)18)27-14-20(25)24-10-8-23(9-11-24)19-4-2-3-7-22-19/h2-7,12-13H,8-11,14H2,1H3/p+1. The minimum atomic E-state index is -0.397. The molecule has 1 N–H and O–H groups in total. The largest absolute Gasteiger partial charge is 0.484 e. The van der Waals surface area contributed by atoms with Gasteiger partial charge < -0.3 is 14.1 Å². The van der Waals surface area contributed by atoms with Crippen LogP contribution >= 0.6 is 0 Å². The van der Waals surface area contributed by atoms with E-state index in [-0.39, 0.29) is 12.5 Å². The van der Waals surface area contributed by atoms with Crippen molar-refractivity contribution in [2.75, 3.05) is 37.7 Å². The summed E-state index contributed by atoms with van der Waals surface area (Å²) in [5.74, 6) is 1.51. The van der Waals surface area contributed by atoms with Gasteiger partial charge in [-0.2, -0.15) is 0 Å². The van der Waals surface area contributed by atoms with Crippen molar-refractivity contribution in [2.45, 2.75) is 6.92 Å². The highest BCUT2D eigenvalue weighted by Crippen LogP contribution is 2.22. The van der Waals surface area contributed by atoms with Crippen LogP contribution in [-0.4, -0.2) is 43.6 Å². The molecular weight excluding hydrogens is 358 g/mol. The smallest absolute Gasteiger partial charge is 0.336 e. The first-order valence-corrected chi connectivity index (χ1v) is 9.27. The van der Waals surface area contributed by atoms with Gasteiger partial charge in [0.15, 0.2) is 6.61 Å². The monoisotopic (exact) mass is 380 g/mol. The molecule has 7 nitrogen and oxygen atoms in total. The number of rotatable bonds is 4. The van der Waals surface area contributed by atoms with Crippen molar-refractivity contribution >= 4 is 22.7 Å². The number of benzene rings is 1. The fraction of sp³-hybridized carbons (Fsp3) is 0.286. The molecule has 144 valence electrons. The van der Waals surface area contributed by atoms with Crippen LogP contribution in [0.3, 0.4) is 0 Å². The number of nitrogens with one attached hydrogen (secondary N) is 1. The number of carbonyl (C=O) groups excluding carboxylic acids is 1. The van der Waals surface area contributed by atoms with Crippen molar-refractivity contribution in [2.24, 2.45) is 0 Å². The lowest BCUT2D eigenvalue weighted by Crippen LogP contribution is -2.51. The predicted octanol–water partition coefficient (Wildman–Crippen LogP) is 1.64. The third-order valence-electron chi connectivity index (χ3n) is 4.95. The molecule has 1 fully saturated rings. The lowest BCUT2D eigenvalue weighted by molar-refractivity contribution is -0.364. The molecule has 28 heavy (non-hydrogen) atoms. The van der Waals surface area contributed by atoms with Crippen LogP contribution in [0.15, 0.2) is 57.9 Å². The highest BCUT2D eigenvalue weighted by atomic mass is 16.5. The first-order chi connectivity index (χ1) is 13.6. The van der Waals surface area contributed by atoms with Gasteiger partial charge in [-0.05, 0) is 30.7 Å². The quantitative estimate of drug-likeness (QED) is 0.643. The number of nitrogens with zero attached hydrogens (tertiary/aromatic N) is 2. The lowest BCUT2D eigenvalue weighted by Gasteiger charge is -2.30. The van der Waals surface area contributed by atoms with E-state index in [0.717, 1.165) is 29.9 Å². The van der Waals surface area contributed by atoms with Crippen LogP contribution in [0.25, 0.3) is 11.0 Å². The summed E-state index contributed by atoms with van der Waals surface area (Å²) >= 11 is 0. The Bertz CT molecular complexity index is 1040. The van der Waals surface area contributed by atoms with Gasteiger partial charge in [-0.25, -0.2) is 9.78 Å². The van der Waals surface area contributed by atoms with Gasteiger partial charge in [0.25, 0.3) is 11.7 Å². The van der Waals surface area contributed by atoms with E-state index in [1.54, 1.807) is 12.1 Å². The maximum atomic E-state index is 12.5. The Morgan fingerprint density at radius 2 is 1.96 bits per heavy atom. The number of fused-ring (bicyclic) bond motifs is 1. The van der Waals surface area contributed by atoms with Crippen LogP contribution < -0.4 is 20.2 Å². The fourth-order valence-corrected chi connectivity index (χ4v) is 3.41. The van der Waals surface area contributed by atoms with Crippen LogP contribution in [0.1, 0.15) is 5.56 Å². The van der Waals surface area contributed by atoms with Crippen molar-refractivity contribution in [1.82, 2.24) is 4.90 Å². The zero-order valence-electron chi connectivity index (χ0n) is 15.7. The van der Waals surface area contributed by atoms with E-state index in [1.807, 2.05) is 42.3 Å². The first kappa shape index (κ1) is 18.0. The highest BCUT2D eigenvalue weighted by molar-refractivity contribution is 5.82. The van der Waals surface area contributed by atoms with E-state index in [0.29, 0.717) is 24.4 Å². The van der Waals surface area contributed by atoms with E-state index in [2.05, 4.69) is 9.88 Å². The fourth-order valence-electron chi connectivity index (χ4n) is 3.41. The number of aromatic amines is 1. The van der Waals surface area contributed by atoms with E-state index in [1.165, 1.54) is 6.07 Å². The second-order valence-corrected chi connectivity index (χ2v) is 6.81. The normalized spacial score (nSPS) is 14.3. The molecule has 0 spiro atoms. The number of carbonyl (C=O) groups is 1. The average Bonchev–Trinajstić information content (AvgIpc) is 2.72. The van der Waals surface area contributed by atoms with Gasteiger partial charge in [-0.15, -0.1) is 0 Å². The van der Waals surface area contributed by atoms with E-state index in [9.17, 15) is 9.59 Å². The Balaban J connectivity index is 1.35. The van der Waals surface area contributed by atoms with Gasteiger partial charge >= 0.3 is 5.63 Å². The Morgan fingerprint density at radius 1 is 1.14 bits per heavy atom. The van der Waals surface area contributed by atoms with Crippen molar-refractivity contribution in [3.8, 4) is 5.75 Å². The summed E-state index contributed by atoms with van der Waals surface area (Å²) in [6.07, 6.45) is 1.90. The summed E-state index contributed by atoms with van der Waals surface area (Å²) < 4.78 is 10.9. The topological polar surface area (TPSA) is 77.1 Å². The third kappa shape index (κ3) is 3.83. The first-order valence-electron chi connectivity index (χ1n) is 9.27. The van der Waals surface area contributed by atoms with Gasteiger partial charge in [0, 0.05) is 23.6 Å². The number of amides is 1. The van der Waals surface area contributed by atoms with Crippen LogP contribution in [0.2, 0.25) is 0 Å². The van der Waals surface area contributed by atoms with Gasteiger partial charge in [0.1, 0.15) is 24.4 Å². The average molecular weight is 380 g/mol. The number of hydrogen-bond donors (Lipinski definition) is 0. The van der Waals surface area contributed by atoms with Gasteiger partial charge in [-0.1, -0.05) is 6.07 Å². The molecule has 1 aromatic carbocycles. The summed E-state index contributed by atoms with van der Waals surface area (Å²) in [4.78, 5) is 31.3. The molecule has 0 bridgehead atoms. The lowest BCUT2D eigenvalue weighted by atomic mass is 10.1. The third-order valence-corrected chi connectivity index (χ3v) is 4.95.